The van der Waals surface area contributed by atoms with Crippen molar-refractivity contribution in [2.24, 2.45) is 11.1 Å². The van der Waals surface area contributed by atoms with Gasteiger partial charge in [-0.15, -0.1) is 0 Å². The van der Waals surface area contributed by atoms with Gasteiger partial charge in [0, 0.05) is 18.6 Å². The minimum absolute atomic E-state index is 0.106. The smallest absolute Gasteiger partial charge is 0.123 e. The normalized spacial score (nSPS) is 15.6. The van der Waals surface area contributed by atoms with E-state index in [1.165, 1.54) is 12.1 Å². The lowest BCUT2D eigenvalue weighted by molar-refractivity contribution is 0.100. The summed E-state index contributed by atoms with van der Waals surface area (Å²) in [6, 6.07) is 6.70. The van der Waals surface area contributed by atoms with Crippen molar-refractivity contribution in [3.05, 3.63) is 35.6 Å². The van der Waals surface area contributed by atoms with Crippen LogP contribution in [-0.2, 0) is 6.42 Å². The van der Waals surface area contributed by atoms with Crippen molar-refractivity contribution in [2.45, 2.75) is 39.7 Å². The van der Waals surface area contributed by atoms with E-state index in [1.807, 2.05) is 12.1 Å². The molecule has 1 aromatic carbocycles. The SMILES string of the molecule is CN(CC(C)(C)C)C(C)(CN)Cc1ccc(F)cc1. The summed E-state index contributed by atoms with van der Waals surface area (Å²) in [5.41, 5.74) is 7.23. The van der Waals surface area contributed by atoms with Gasteiger partial charge >= 0.3 is 0 Å². The van der Waals surface area contributed by atoms with E-state index in [-0.39, 0.29) is 16.8 Å². The number of hydrogen-bond donors (Lipinski definition) is 1. The average molecular weight is 266 g/mol. The van der Waals surface area contributed by atoms with E-state index in [4.69, 9.17) is 5.73 Å². The highest BCUT2D eigenvalue weighted by molar-refractivity contribution is 5.19. The quantitative estimate of drug-likeness (QED) is 0.887. The van der Waals surface area contributed by atoms with Gasteiger partial charge in [-0.3, -0.25) is 4.90 Å². The molecular formula is C16H27FN2. The molecule has 0 bridgehead atoms. The second kappa shape index (κ2) is 6.02. The molecule has 0 spiro atoms. The van der Waals surface area contributed by atoms with Crippen LogP contribution in [-0.4, -0.2) is 30.6 Å². The molecule has 0 saturated heterocycles. The Balaban J connectivity index is 2.82. The Hall–Kier alpha value is -0.930. The molecule has 0 amide bonds. The van der Waals surface area contributed by atoms with Crippen LogP contribution in [0.15, 0.2) is 24.3 Å². The van der Waals surface area contributed by atoms with E-state index in [1.54, 1.807) is 0 Å². The van der Waals surface area contributed by atoms with Crippen LogP contribution < -0.4 is 5.73 Å². The zero-order chi connectivity index (χ0) is 14.7. The fourth-order valence-electron chi connectivity index (χ4n) is 2.31. The van der Waals surface area contributed by atoms with Gasteiger partial charge in [0.15, 0.2) is 0 Å². The summed E-state index contributed by atoms with van der Waals surface area (Å²) in [4.78, 5) is 2.32. The lowest BCUT2D eigenvalue weighted by Crippen LogP contribution is -2.53. The number of likely N-dealkylation sites (N-methyl/N-ethyl adjacent to an activating group) is 1. The largest absolute Gasteiger partial charge is 0.329 e. The Bertz CT molecular complexity index is 394. The number of rotatable bonds is 5. The third kappa shape index (κ3) is 4.92. The first-order valence-corrected chi connectivity index (χ1v) is 6.82. The highest BCUT2D eigenvalue weighted by Gasteiger charge is 2.30. The molecular weight excluding hydrogens is 239 g/mol. The number of benzene rings is 1. The fraction of sp³-hybridized carbons (Fsp3) is 0.625. The van der Waals surface area contributed by atoms with Crippen molar-refractivity contribution in [1.82, 2.24) is 4.90 Å². The Kier molecular flexibility index (Phi) is 5.11. The van der Waals surface area contributed by atoms with Gasteiger partial charge in [-0.25, -0.2) is 4.39 Å². The van der Waals surface area contributed by atoms with Crippen molar-refractivity contribution in [2.75, 3.05) is 20.1 Å². The first kappa shape index (κ1) is 16.1. The number of hydrogen-bond acceptors (Lipinski definition) is 2. The Morgan fingerprint density at radius 3 is 2.05 bits per heavy atom. The van der Waals surface area contributed by atoms with Crippen molar-refractivity contribution >= 4 is 0 Å². The topological polar surface area (TPSA) is 29.3 Å². The molecule has 3 heteroatoms. The molecule has 108 valence electrons. The summed E-state index contributed by atoms with van der Waals surface area (Å²) in [6.45, 7) is 10.4. The second-order valence-corrected chi connectivity index (χ2v) is 6.92. The zero-order valence-electron chi connectivity index (χ0n) is 12.8. The monoisotopic (exact) mass is 266 g/mol. The van der Waals surface area contributed by atoms with Crippen LogP contribution in [0.1, 0.15) is 33.3 Å². The summed E-state index contributed by atoms with van der Waals surface area (Å²) in [6.07, 6.45) is 0.830. The molecule has 1 rings (SSSR count). The van der Waals surface area contributed by atoms with Crippen LogP contribution in [0.25, 0.3) is 0 Å². The van der Waals surface area contributed by atoms with Crippen LogP contribution >= 0.6 is 0 Å². The third-order valence-corrected chi connectivity index (χ3v) is 3.57. The number of halogens is 1. The molecule has 2 nitrogen and oxygen atoms in total. The van der Waals surface area contributed by atoms with Crippen molar-refractivity contribution in [3.63, 3.8) is 0 Å². The minimum atomic E-state index is -0.193. The van der Waals surface area contributed by atoms with Crippen molar-refractivity contribution in [1.29, 1.82) is 0 Å². The molecule has 0 aromatic heterocycles. The first-order valence-electron chi connectivity index (χ1n) is 6.82. The van der Waals surface area contributed by atoms with Gasteiger partial charge in [-0.1, -0.05) is 32.9 Å². The Labute approximate surface area is 116 Å². The lowest BCUT2D eigenvalue weighted by atomic mass is 9.88. The Morgan fingerprint density at radius 2 is 1.63 bits per heavy atom. The van der Waals surface area contributed by atoms with E-state index < -0.39 is 0 Å². The molecule has 0 aliphatic rings. The lowest BCUT2D eigenvalue weighted by Gasteiger charge is -2.41. The summed E-state index contributed by atoms with van der Waals surface area (Å²) in [7, 11) is 2.11. The van der Waals surface area contributed by atoms with E-state index in [2.05, 4.69) is 39.6 Å². The van der Waals surface area contributed by atoms with E-state index in [0.29, 0.717) is 6.54 Å². The van der Waals surface area contributed by atoms with Crippen LogP contribution in [0.4, 0.5) is 4.39 Å². The maximum absolute atomic E-state index is 12.9. The highest BCUT2D eigenvalue weighted by atomic mass is 19.1. The molecule has 1 aromatic rings. The molecule has 0 aliphatic heterocycles. The van der Waals surface area contributed by atoms with Crippen LogP contribution in [0.2, 0.25) is 0 Å². The molecule has 2 N–H and O–H groups in total. The summed E-state index contributed by atoms with van der Waals surface area (Å²) in [5.74, 6) is -0.193. The minimum Gasteiger partial charge on any atom is -0.329 e. The standard InChI is InChI=1S/C16H27FN2/c1-15(2,3)12-19(5)16(4,11-18)10-13-6-8-14(17)9-7-13/h6-9H,10-12,18H2,1-5H3. The van der Waals surface area contributed by atoms with Crippen LogP contribution in [0, 0.1) is 11.2 Å². The maximum atomic E-state index is 12.9. The van der Waals surface area contributed by atoms with Gasteiger partial charge in [0.1, 0.15) is 5.82 Å². The molecule has 19 heavy (non-hydrogen) atoms. The maximum Gasteiger partial charge on any atom is 0.123 e. The summed E-state index contributed by atoms with van der Waals surface area (Å²) < 4.78 is 12.9. The van der Waals surface area contributed by atoms with Gasteiger partial charge in [0.2, 0.25) is 0 Å². The highest BCUT2D eigenvalue weighted by Crippen LogP contribution is 2.24. The molecule has 0 heterocycles. The predicted octanol–water partition coefficient (Wildman–Crippen LogP) is 3.06. The molecule has 1 atom stereocenters. The van der Waals surface area contributed by atoms with Crippen LogP contribution in [0.3, 0.4) is 0 Å². The first-order chi connectivity index (χ1) is 8.66. The number of nitrogens with zero attached hydrogens (tertiary/aromatic N) is 1. The zero-order valence-corrected chi connectivity index (χ0v) is 12.8. The van der Waals surface area contributed by atoms with Gasteiger partial charge < -0.3 is 5.73 Å². The second-order valence-electron chi connectivity index (χ2n) is 6.92. The predicted molar refractivity (Wildman–Crippen MR) is 79.6 cm³/mol. The molecule has 0 radical (unpaired) electrons. The molecule has 0 fully saturated rings. The summed E-state index contributed by atoms with van der Waals surface area (Å²) >= 11 is 0. The van der Waals surface area contributed by atoms with Gasteiger partial charge in [-0.05, 0) is 43.5 Å². The molecule has 0 saturated carbocycles. The van der Waals surface area contributed by atoms with E-state index in [0.717, 1.165) is 18.5 Å². The average Bonchev–Trinajstić information content (AvgIpc) is 2.30. The van der Waals surface area contributed by atoms with E-state index >= 15 is 0 Å². The third-order valence-electron chi connectivity index (χ3n) is 3.57. The molecule has 0 aliphatic carbocycles. The Morgan fingerprint density at radius 1 is 1.11 bits per heavy atom. The van der Waals surface area contributed by atoms with Crippen molar-refractivity contribution < 1.29 is 4.39 Å². The fourth-order valence-corrected chi connectivity index (χ4v) is 2.31. The van der Waals surface area contributed by atoms with Crippen LogP contribution in [0.5, 0.6) is 0 Å². The van der Waals surface area contributed by atoms with E-state index in [9.17, 15) is 4.39 Å². The molecule has 1 unspecified atom stereocenters. The number of nitrogens with two attached hydrogens (primary N) is 1. The van der Waals surface area contributed by atoms with Gasteiger partial charge in [-0.2, -0.15) is 0 Å². The van der Waals surface area contributed by atoms with Gasteiger partial charge in [0.25, 0.3) is 0 Å². The van der Waals surface area contributed by atoms with Gasteiger partial charge in [0.05, 0.1) is 0 Å². The summed E-state index contributed by atoms with van der Waals surface area (Å²) in [5, 5.41) is 0. The van der Waals surface area contributed by atoms with Crippen molar-refractivity contribution in [3.8, 4) is 0 Å².